The average Bonchev–Trinajstić information content (AvgIpc) is 2.56. The summed E-state index contributed by atoms with van der Waals surface area (Å²) in [5.41, 5.74) is 0. The molecule has 2 aromatic rings. The molecule has 0 aromatic carbocycles. The summed E-state index contributed by atoms with van der Waals surface area (Å²) >= 11 is 3.89. The average molecular weight is 577 g/mol. The first-order valence-electron chi connectivity index (χ1n) is 7.57. The number of nitrogens with one attached hydrogen (secondary N) is 1. The molecule has 1 aliphatic rings. The SMILES string of the molecule is Fc1cc(I)cnc1F.OC1CCC(Nc2ncc(I)cc2F)CC1. The van der Waals surface area contributed by atoms with E-state index < -0.39 is 11.8 Å². The molecule has 0 atom stereocenters. The van der Waals surface area contributed by atoms with Crippen molar-refractivity contribution in [2.24, 2.45) is 0 Å². The number of aliphatic hydroxyl groups is 1. The quantitative estimate of drug-likeness (QED) is 0.408. The molecular formula is C16H16F3I2N3O. The Morgan fingerprint density at radius 3 is 2.00 bits per heavy atom. The van der Waals surface area contributed by atoms with Crippen LogP contribution in [0.15, 0.2) is 24.5 Å². The molecule has 1 aliphatic carbocycles. The molecule has 136 valence electrons. The molecule has 0 unspecified atom stereocenters. The van der Waals surface area contributed by atoms with Gasteiger partial charge in [0.25, 0.3) is 0 Å². The van der Waals surface area contributed by atoms with Crippen molar-refractivity contribution in [3.63, 3.8) is 0 Å². The number of rotatable bonds is 2. The number of nitrogens with zero attached hydrogens (tertiary/aromatic N) is 2. The summed E-state index contributed by atoms with van der Waals surface area (Å²) in [7, 11) is 0. The third-order valence-electron chi connectivity index (χ3n) is 3.61. The lowest BCUT2D eigenvalue weighted by Gasteiger charge is -2.26. The second-order valence-electron chi connectivity index (χ2n) is 5.56. The van der Waals surface area contributed by atoms with Crippen LogP contribution in [0, 0.1) is 24.7 Å². The highest BCUT2D eigenvalue weighted by Crippen LogP contribution is 2.23. The van der Waals surface area contributed by atoms with Gasteiger partial charge in [-0.2, -0.15) is 4.39 Å². The molecule has 3 rings (SSSR count). The van der Waals surface area contributed by atoms with E-state index in [2.05, 4.69) is 15.3 Å². The van der Waals surface area contributed by atoms with Crippen molar-refractivity contribution in [2.45, 2.75) is 37.8 Å². The molecular weight excluding hydrogens is 561 g/mol. The van der Waals surface area contributed by atoms with Gasteiger partial charge in [0.05, 0.1) is 6.10 Å². The van der Waals surface area contributed by atoms with Crippen LogP contribution in [-0.2, 0) is 0 Å². The van der Waals surface area contributed by atoms with Crippen molar-refractivity contribution in [2.75, 3.05) is 5.32 Å². The second kappa shape index (κ2) is 9.86. The molecule has 25 heavy (non-hydrogen) atoms. The predicted molar refractivity (Wildman–Crippen MR) is 106 cm³/mol. The minimum atomic E-state index is -1.05. The van der Waals surface area contributed by atoms with E-state index in [0.29, 0.717) is 9.39 Å². The topological polar surface area (TPSA) is 58.0 Å². The smallest absolute Gasteiger partial charge is 0.248 e. The van der Waals surface area contributed by atoms with E-state index in [4.69, 9.17) is 0 Å². The molecule has 0 amide bonds. The largest absolute Gasteiger partial charge is 0.393 e. The van der Waals surface area contributed by atoms with Crippen molar-refractivity contribution >= 4 is 51.0 Å². The normalized spacial score (nSPS) is 19.8. The molecule has 2 N–H and O–H groups in total. The summed E-state index contributed by atoms with van der Waals surface area (Å²) in [6.07, 6.45) is 6.02. The minimum Gasteiger partial charge on any atom is -0.393 e. The van der Waals surface area contributed by atoms with E-state index in [0.717, 1.165) is 35.3 Å². The first kappa shape index (κ1) is 20.6. The Morgan fingerprint density at radius 1 is 0.920 bits per heavy atom. The van der Waals surface area contributed by atoms with Crippen molar-refractivity contribution in [3.05, 3.63) is 49.2 Å². The summed E-state index contributed by atoms with van der Waals surface area (Å²) in [6, 6.07) is 2.78. The maximum atomic E-state index is 13.5. The summed E-state index contributed by atoms with van der Waals surface area (Å²) in [5.74, 6) is -1.93. The number of hydrogen-bond donors (Lipinski definition) is 2. The van der Waals surface area contributed by atoms with E-state index in [-0.39, 0.29) is 18.0 Å². The molecule has 9 heteroatoms. The third-order valence-corrected chi connectivity index (χ3v) is 4.79. The minimum absolute atomic E-state index is 0.187. The summed E-state index contributed by atoms with van der Waals surface area (Å²) < 4.78 is 39.0. The molecule has 0 bridgehead atoms. The van der Waals surface area contributed by atoms with Gasteiger partial charge in [-0.15, -0.1) is 0 Å². The van der Waals surface area contributed by atoms with Gasteiger partial charge in [0.15, 0.2) is 17.5 Å². The number of aromatic nitrogens is 2. The van der Waals surface area contributed by atoms with Gasteiger partial charge in [-0.3, -0.25) is 0 Å². The molecule has 4 nitrogen and oxygen atoms in total. The van der Waals surface area contributed by atoms with Crippen molar-refractivity contribution in [1.82, 2.24) is 9.97 Å². The number of pyridine rings is 2. The van der Waals surface area contributed by atoms with Crippen molar-refractivity contribution < 1.29 is 18.3 Å². The zero-order chi connectivity index (χ0) is 18.4. The van der Waals surface area contributed by atoms with Crippen molar-refractivity contribution in [3.8, 4) is 0 Å². The van der Waals surface area contributed by atoms with Crippen LogP contribution in [0.25, 0.3) is 0 Å². The van der Waals surface area contributed by atoms with E-state index in [1.54, 1.807) is 6.20 Å². The molecule has 2 aromatic heterocycles. The van der Waals surface area contributed by atoms with E-state index in [9.17, 15) is 18.3 Å². The third kappa shape index (κ3) is 6.85. The number of hydrogen-bond acceptors (Lipinski definition) is 4. The van der Waals surface area contributed by atoms with Crippen LogP contribution >= 0.6 is 45.2 Å². The van der Waals surface area contributed by atoms with Gasteiger partial charge >= 0.3 is 0 Å². The van der Waals surface area contributed by atoms with Crippen LogP contribution in [0.5, 0.6) is 0 Å². The number of halogens is 5. The number of aliphatic hydroxyl groups excluding tert-OH is 1. The molecule has 0 spiro atoms. The van der Waals surface area contributed by atoms with Crippen LogP contribution < -0.4 is 5.32 Å². The maximum Gasteiger partial charge on any atom is 0.248 e. The van der Waals surface area contributed by atoms with Gasteiger partial charge in [0.1, 0.15) is 0 Å². The van der Waals surface area contributed by atoms with Gasteiger partial charge in [0.2, 0.25) is 5.95 Å². The van der Waals surface area contributed by atoms with Crippen LogP contribution in [0.4, 0.5) is 19.0 Å². The first-order valence-corrected chi connectivity index (χ1v) is 9.73. The molecule has 0 saturated heterocycles. The molecule has 0 radical (unpaired) electrons. The fraction of sp³-hybridized carbons (Fsp3) is 0.375. The maximum absolute atomic E-state index is 13.5. The first-order chi connectivity index (χ1) is 11.8. The van der Waals surface area contributed by atoms with Crippen LogP contribution in [0.1, 0.15) is 25.7 Å². The van der Waals surface area contributed by atoms with Crippen LogP contribution in [-0.4, -0.2) is 27.2 Å². The van der Waals surface area contributed by atoms with Gasteiger partial charge in [-0.25, -0.2) is 18.7 Å². The Balaban J connectivity index is 0.000000212. The molecule has 1 saturated carbocycles. The summed E-state index contributed by atoms with van der Waals surface area (Å²) in [6.45, 7) is 0. The highest BCUT2D eigenvalue weighted by Gasteiger charge is 2.20. The fourth-order valence-corrected chi connectivity index (χ4v) is 3.16. The lowest BCUT2D eigenvalue weighted by atomic mass is 9.93. The lowest BCUT2D eigenvalue weighted by Crippen LogP contribution is -2.28. The monoisotopic (exact) mass is 577 g/mol. The Bertz CT molecular complexity index is 713. The van der Waals surface area contributed by atoms with Crippen LogP contribution in [0.2, 0.25) is 0 Å². The number of anilines is 1. The Kier molecular flexibility index (Phi) is 8.13. The fourth-order valence-electron chi connectivity index (χ4n) is 2.33. The Labute approximate surface area is 170 Å². The Hall–Kier alpha value is -0.690. The summed E-state index contributed by atoms with van der Waals surface area (Å²) in [5, 5.41) is 12.5. The lowest BCUT2D eigenvalue weighted by molar-refractivity contribution is 0.126. The van der Waals surface area contributed by atoms with Gasteiger partial charge in [-0.1, -0.05) is 0 Å². The zero-order valence-corrected chi connectivity index (χ0v) is 17.3. The molecule has 1 fully saturated rings. The zero-order valence-electron chi connectivity index (χ0n) is 13.0. The highest BCUT2D eigenvalue weighted by atomic mass is 127. The standard InChI is InChI=1S/C11H14FIN2O.C5H2F2IN/c12-10-5-7(13)6-14-11(10)15-8-1-3-9(16)4-2-8;6-4-1-3(8)2-9-5(4)7/h5-6,8-9,16H,1-4H2,(H,14,15);1-2H. The van der Waals surface area contributed by atoms with E-state index >= 15 is 0 Å². The second-order valence-corrected chi connectivity index (χ2v) is 8.05. The van der Waals surface area contributed by atoms with Gasteiger partial charge in [0, 0.05) is 25.6 Å². The molecule has 0 aliphatic heterocycles. The summed E-state index contributed by atoms with van der Waals surface area (Å²) in [4.78, 5) is 7.16. The predicted octanol–water partition coefficient (Wildman–Crippen LogP) is 4.51. The molecule has 2 heterocycles. The van der Waals surface area contributed by atoms with E-state index in [1.165, 1.54) is 12.3 Å². The van der Waals surface area contributed by atoms with Crippen molar-refractivity contribution in [1.29, 1.82) is 0 Å². The van der Waals surface area contributed by atoms with Gasteiger partial charge < -0.3 is 10.4 Å². The van der Waals surface area contributed by atoms with E-state index in [1.807, 2.05) is 45.2 Å². The Morgan fingerprint density at radius 2 is 1.48 bits per heavy atom. The highest BCUT2D eigenvalue weighted by molar-refractivity contribution is 14.1. The van der Waals surface area contributed by atoms with Gasteiger partial charge in [-0.05, 0) is 83.0 Å². The van der Waals surface area contributed by atoms with Crippen LogP contribution in [0.3, 0.4) is 0 Å².